The number of aromatic nitrogens is 2. The third-order valence-corrected chi connectivity index (χ3v) is 4.29. The molecule has 3 rings (SSSR count). The third-order valence-electron chi connectivity index (χ3n) is 4.29. The van der Waals surface area contributed by atoms with Gasteiger partial charge in [0, 0.05) is 37.5 Å². The molecule has 1 aliphatic heterocycles. The Morgan fingerprint density at radius 1 is 1.40 bits per heavy atom. The highest BCUT2D eigenvalue weighted by molar-refractivity contribution is 5.81. The Labute approximate surface area is 145 Å². The smallest absolute Gasteiger partial charge is 0.261 e. The number of hydrogen-bond donors (Lipinski definition) is 1. The molecule has 1 amide bonds. The van der Waals surface area contributed by atoms with Crippen LogP contribution in [0.2, 0.25) is 0 Å². The molecule has 1 aromatic carbocycles. The van der Waals surface area contributed by atoms with Crippen LogP contribution in [0.4, 0.5) is 8.78 Å². The molecule has 2 unspecified atom stereocenters. The summed E-state index contributed by atoms with van der Waals surface area (Å²) >= 11 is 0. The molecule has 0 spiro atoms. The van der Waals surface area contributed by atoms with Gasteiger partial charge in [-0.1, -0.05) is 13.8 Å². The van der Waals surface area contributed by atoms with Gasteiger partial charge in [0.15, 0.2) is 17.7 Å². The van der Waals surface area contributed by atoms with Gasteiger partial charge in [0.2, 0.25) is 0 Å². The van der Waals surface area contributed by atoms with Crippen molar-refractivity contribution in [3.05, 3.63) is 48.1 Å². The average Bonchev–Trinajstić information content (AvgIpc) is 3.01. The monoisotopic (exact) mass is 349 g/mol. The summed E-state index contributed by atoms with van der Waals surface area (Å²) in [5.41, 5.74) is 0. The van der Waals surface area contributed by atoms with E-state index < -0.39 is 17.7 Å². The number of ether oxygens (including phenoxy) is 1. The van der Waals surface area contributed by atoms with Gasteiger partial charge >= 0.3 is 0 Å². The number of nitrogens with zero attached hydrogens (tertiary/aromatic N) is 2. The zero-order chi connectivity index (χ0) is 18.0. The van der Waals surface area contributed by atoms with E-state index in [0.29, 0.717) is 6.54 Å². The van der Waals surface area contributed by atoms with E-state index in [9.17, 15) is 13.6 Å². The van der Waals surface area contributed by atoms with E-state index in [1.165, 1.54) is 6.07 Å². The van der Waals surface area contributed by atoms with Crippen molar-refractivity contribution in [1.82, 2.24) is 14.9 Å². The van der Waals surface area contributed by atoms with Gasteiger partial charge in [-0.15, -0.1) is 0 Å². The highest BCUT2D eigenvalue weighted by Crippen LogP contribution is 2.22. The van der Waals surface area contributed by atoms with Gasteiger partial charge in [0.1, 0.15) is 11.6 Å². The molecule has 0 saturated heterocycles. The molecule has 0 saturated carbocycles. The number of carbonyl (C=O) groups excluding carboxylic acids is 1. The standard InChI is InChI=1S/C18H21F2N3O2/c1-11(2)17(25-15-5-3-12(19)9-14(15)20)18(24)22-13-4-6-16-21-7-8-23(16)10-13/h3,5,7-9,11,13,17H,4,6,10H2,1-2H3,(H,22,24). The number of halogens is 2. The Morgan fingerprint density at radius 2 is 2.20 bits per heavy atom. The van der Waals surface area contributed by atoms with Gasteiger partial charge in [-0.2, -0.15) is 0 Å². The molecule has 2 atom stereocenters. The van der Waals surface area contributed by atoms with E-state index in [0.717, 1.165) is 30.8 Å². The van der Waals surface area contributed by atoms with Crippen LogP contribution in [0, 0.1) is 17.6 Å². The first-order valence-corrected chi connectivity index (χ1v) is 8.36. The van der Waals surface area contributed by atoms with Gasteiger partial charge in [0.05, 0.1) is 0 Å². The zero-order valence-electron chi connectivity index (χ0n) is 14.2. The van der Waals surface area contributed by atoms with Crippen LogP contribution in [-0.2, 0) is 17.8 Å². The molecular weight excluding hydrogens is 328 g/mol. The van der Waals surface area contributed by atoms with Crippen molar-refractivity contribution in [3.8, 4) is 5.75 Å². The Morgan fingerprint density at radius 3 is 2.92 bits per heavy atom. The van der Waals surface area contributed by atoms with Crippen molar-refractivity contribution in [2.45, 2.75) is 45.4 Å². The van der Waals surface area contributed by atoms with Gasteiger partial charge in [-0.25, -0.2) is 13.8 Å². The minimum atomic E-state index is -0.857. The Balaban J connectivity index is 1.67. The summed E-state index contributed by atoms with van der Waals surface area (Å²) in [5, 5.41) is 2.97. The van der Waals surface area contributed by atoms with Crippen molar-refractivity contribution < 1.29 is 18.3 Å². The van der Waals surface area contributed by atoms with Crippen LogP contribution in [0.1, 0.15) is 26.1 Å². The number of fused-ring (bicyclic) bond motifs is 1. The fourth-order valence-corrected chi connectivity index (χ4v) is 2.97. The lowest BCUT2D eigenvalue weighted by Gasteiger charge is -2.28. The molecule has 134 valence electrons. The van der Waals surface area contributed by atoms with E-state index in [4.69, 9.17) is 4.74 Å². The van der Waals surface area contributed by atoms with E-state index in [1.54, 1.807) is 6.20 Å². The fraction of sp³-hybridized carbons (Fsp3) is 0.444. The van der Waals surface area contributed by atoms with Crippen molar-refractivity contribution >= 4 is 5.91 Å². The topological polar surface area (TPSA) is 56.1 Å². The first-order chi connectivity index (χ1) is 11.9. The lowest BCUT2D eigenvalue weighted by atomic mass is 10.0. The molecule has 5 nitrogen and oxygen atoms in total. The number of benzene rings is 1. The Hall–Kier alpha value is -2.44. The van der Waals surface area contributed by atoms with E-state index in [1.807, 2.05) is 24.6 Å². The van der Waals surface area contributed by atoms with E-state index >= 15 is 0 Å². The average molecular weight is 349 g/mol. The SMILES string of the molecule is CC(C)C(Oc1ccc(F)cc1F)C(=O)NC1CCc2nccn2C1. The largest absolute Gasteiger partial charge is 0.477 e. The highest BCUT2D eigenvalue weighted by Gasteiger charge is 2.29. The van der Waals surface area contributed by atoms with Gasteiger partial charge in [-0.3, -0.25) is 4.79 Å². The molecule has 0 radical (unpaired) electrons. The van der Waals surface area contributed by atoms with Gasteiger partial charge in [-0.05, 0) is 24.5 Å². The Kier molecular flexibility index (Phi) is 5.01. The molecule has 25 heavy (non-hydrogen) atoms. The lowest BCUT2D eigenvalue weighted by molar-refractivity contribution is -0.130. The first-order valence-electron chi connectivity index (χ1n) is 8.36. The van der Waals surface area contributed by atoms with Crippen LogP contribution in [0.3, 0.4) is 0 Å². The van der Waals surface area contributed by atoms with Crippen LogP contribution in [-0.4, -0.2) is 27.6 Å². The minimum absolute atomic E-state index is 0.0304. The normalized spacial score (nSPS) is 17.9. The molecule has 2 heterocycles. The summed E-state index contributed by atoms with van der Waals surface area (Å²) in [7, 11) is 0. The van der Waals surface area contributed by atoms with E-state index in [2.05, 4.69) is 10.3 Å². The van der Waals surface area contributed by atoms with E-state index in [-0.39, 0.29) is 23.6 Å². The predicted octanol–water partition coefficient (Wildman–Crippen LogP) is 2.70. The van der Waals surface area contributed by atoms with Crippen molar-refractivity contribution in [1.29, 1.82) is 0 Å². The summed E-state index contributed by atoms with van der Waals surface area (Å²) in [6.45, 7) is 4.29. The summed E-state index contributed by atoms with van der Waals surface area (Å²) in [6.07, 6.45) is 4.36. The number of aryl methyl sites for hydroxylation is 1. The molecule has 2 aromatic rings. The molecular formula is C18H21F2N3O2. The molecule has 0 aliphatic carbocycles. The van der Waals surface area contributed by atoms with Crippen LogP contribution in [0.5, 0.6) is 5.75 Å². The predicted molar refractivity (Wildman–Crippen MR) is 88.1 cm³/mol. The number of amides is 1. The van der Waals surface area contributed by atoms with Crippen LogP contribution in [0.25, 0.3) is 0 Å². The third kappa shape index (κ3) is 3.97. The molecule has 1 aliphatic rings. The summed E-state index contributed by atoms with van der Waals surface area (Å²) in [6, 6.07) is 3.02. The van der Waals surface area contributed by atoms with Crippen molar-refractivity contribution in [3.63, 3.8) is 0 Å². The lowest BCUT2D eigenvalue weighted by Crippen LogP contribution is -2.48. The van der Waals surface area contributed by atoms with Gasteiger partial charge < -0.3 is 14.6 Å². The molecule has 1 N–H and O–H groups in total. The Bertz CT molecular complexity index is 761. The number of carbonyl (C=O) groups is 1. The van der Waals surface area contributed by atoms with Crippen LogP contribution in [0.15, 0.2) is 30.6 Å². The van der Waals surface area contributed by atoms with Gasteiger partial charge in [0.25, 0.3) is 5.91 Å². The molecule has 0 bridgehead atoms. The summed E-state index contributed by atoms with van der Waals surface area (Å²) < 4.78 is 34.4. The second-order valence-electron chi connectivity index (χ2n) is 6.60. The maximum Gasteiger partial charge on any atom is 0.261 e. The second kappa shape index (κ2) is 7.21. The number of hydrogen-bond acceptors (Lipinski definition) is 3. The summed E-state index contributed by atoms with van der Waals surface area (Å²) in [5.74, 6) is -1.09. The molecule has 7 heteroatoms. The first kappa shape index (κ1) is 17.4. The minimum Gasteiger partial charge on any atom is -0.477 e. The number of imidazole rings is 1. The number of rotatable bonds is 5. The maximum atomic E-state index is 13.8. The van der Waals surface area contributed by atoms with Crippen LogP contribution >= 0.6 is 0 Å². The summed E-state index contributed by atoms with van der Waals surface area (Å²) in [4.78, 5) is 16.9. The molecule has 0 fully saturated rings. The zero-order valence-corrected chi connectivity index (χ0v) is 14.2. The van der Waals surface area contributed by atoms with Crippen molar-refractivity contribution in [2.24, 2.45) is 5.92 Å². The highest BCUT2D eigenvalue weighted by atomic mass is 19.1. The van der Waals surface area contributed by atoms with Crippen LogP contribution < -0.4 is 10.1 Å². The number of nitrogens with one attached hydrogen (secondary N) is 1. The quantitative estimate of drug-likeness (QED) is 0.903. The fourth-order valence-electron chi connectivity index (χ4n) is 2.97. The second-order valence-corrected chi connectivity index (χ2v) is 6.60. The van der Waals surface area contributed by atoms with Crippen molar-refractivity contribution in [2.75, 3.05) is 0 Å². The molecule has 1 aromatic heterocycles. The maximum absolute atomic E-state index is 13.8.